The SMILES string of the molecule is Nc1ccccc1CN1CC[C@H](O[C@@H]2O[C@H](CO[C@@H]3O[C@H](CO)[C@@H](O)[C@H](O)[C@H]3O)[C@@H](O)[C@H](O)[C@H]2O)C1=O. The van der Waals surface area contributed by atoms with Gasteiger partial charge in [-0.05, 0) is 11.6 Å². The standard InChI is InChI=1S/C23H34N2O12/c24-11-4-2-1-3-10(11)7-25-6-5-12(21(25)33)35-23-20(32)18(30)16(28)14(37-23)9-34-22-19(31)17(29)15(27)13(8-26)36-22/h1-4,12-20,22-23,26-32H,5-9,24H2/t12-,13+,14+,15+,16+,17-,18-,19+,20+,22+,23+/m0/s1. The molecule has 37 heavy (non-hydrogen) atoms. The molecule has 0 unspecified atom stereocenters. The summed E-state index contributed by atoms with van der Waals surface area (Å²) < 4.78 is 21.9. The molecule has 1 amide bonds. The molecule has 0 spiro atoms. The van der Waals surface area contributed by atoms with E-state index in [2.05, 4.69) is 0 Å². The quantitative estimate of drug-likeness (QED) is 0.150. The Morgan fingerprint density at radius 3 is 2.19 bits per heavy atom. The number of likely N-dealkylation sites (tertiary alicyclic amines) is 1. The van der Waals surface area contributed by atoms with Gasteiger partial charge in [0.05, 0.1) is 13.2 Å². The molecule has 1 aromatic carbocycles. The van der Waals surface area contributed by atoms with Crippen molar-refractivity contribution in [2.75, 3.05) is 25.5 Å². The fourth-order valence-corrected chi connectivity index (χ4v) is 4.60. The van der Waals surface area contributed by atoms with E-state index in [1.165, 1.54) is 0 Å². The summed E-state index contributed by atoms with van der Waals surface area (Å²) in [6, 6.07) is 7.14. The van der Waals surface area contributed by atoms with E-state index in [0.717, 1.165) is 5.56 Å². The lowest BCUT2D eigenvalue weighted by atomic mass is 9.98. The molecule has 3 aliphatic rings. The Labute approximate surface area is 212 Å². The summed E-state index contributed by atoms with van der Waals surface area (Å²) in [5.41, 5.74) is 7.28. The second-order valence-corrected chi connectivity index (χ2v) is 9.42. The molecular weight excluding hydrogens is 496 g/mol. The molecule has 3 heterocycles. The molecule has 11 atom stereocenters. The first kappa shape index (κ1) is 28.1. The summed E-state index contributed by atoms with van der Waals surface area (Å²) >= 11 is 0. The predicted molar refractivity (Wildman–Crippen MR) is 122 cm³/mol. The maximum Gasteiger partial charge on any atom is 0.252 e. The average Bonchev–Trinajstić information content (AvgIpc) is 3.23. The van der Waals surface area contributed by atoms with Crippen molar-refractivity contribution in [2.24, 2.45) is 0 Å². The van der Waals surface area contributed by atoms with Gasteiger partial charge in [0.2, 0.25) is 0 Å². The lowest BCUT2D eigenvalue weighted by molar-refractivity contribution is -0.334. The molecule has 3 saturated heterocycles. The van der Waals surface area contributed by atoms with Crippen molar-refractivity contribution >= 4 is 11.6 Å². The van der Waals surface area contributed by atoms with Crippen molar-refractivity contribution in [3.63, 3.8) is 0 Å². The zero-order chi connectivity index (χ0) is 26.9. The van der Waals surface area contributed by atoms with E-state index in [1.807, 2.05) is 12.1 Å². The third-order valence-electron chi connectivity index (χ3n) is 6.90. The molecule has 3 aliphatic heterocycles. The highest BCUT2D eigenvalue weighted by molar-refractivity contribution is 5.83. The number of hydrogen-bond acceptors (Lipinski definition) is 13. The lowest BCUT2D eigenvalue weighted by Crippen LogP contribution is -2.62. The van der Waals surface area contributed by atoms with Crippen LogP contribution in [0.5, 0.6) is 0 Å². The molecule has 0 aliphatic carbocycles. The van der Waals surface area contributed by atoms with E-state index >= 15 is 0 Å². The molecule has 0 saturated carbocycles. The van der Waals surface area contributed by atoms with Crippen LogP contribution in [-0.2, 0) is 30.3 Å². The summed E-state index contributed by atoms with van der Waals surface area (Å²) in [5.74, 6) is -0.353. The normalized spacial score (nSPS) is 40.8. The maximum atomic E-state index is 12.9. The Hall–Kier alpha value is -1.95. The number of benzene rings is 1. The molecule has 9 N–H and O–H groups in total. The number of rotatable bonds is 8. The highest BCUT2D eigenvalue weighted by Gasteiger charge is 2.49. The van der Waals surface area contributed by atoms with Gasteiger partial charge in [0.15, 0.2) is 12.6 Å². The molecule has 14 nitrogen and oxygen atoms in total. The first-order valence-electron chi connectivity index (χ1n) is 12.0. The van der Waals surface area contributed by atoms with E-state index in [9.17, 15) is 40.5 Å². The van der Waals surface area contributed by atoms with Gasteiger partial charge in [-0.2, -0.15) is 0 Å². The van der Waals surface area contributed by atoms with Crippen LogP contribution in [0, 0.1) is 0 Å². The van der Waals surface area contributed by atoms with Crippen molar-refractivity contribution < 1.29 is 59.5 Å². The van der Waals surface area contributed by atoms with Crippen LogP contribution in [0.1, 0.15) is 12.0 Å². The molecule has 0 aromatic heterocycles. The summed E-state index contributed by atoms with van der Waals surface area (Å²) in [7, 11) is 0. The van der Waals surface area contributed by atoms with Crippen LogP contribution >= 0.6 is 0 Å². The van der Waals surface area contributed by atoms with Crippen molar-refractivity contribution in [1.82, 2.24) is 4.90 Å². The number of carbonyl (C=O) groups is 1. The molecule has 14 heteroatoms. The smallest absolute Gasteiger partial charge is 0.252 e. The number of carbonyl (C=O) groups excluding carboxylic acids is 1. The van der Waals surface area contributed by atoms with Gasteiger partial charge in [-0.15, -0.1) is 0 Å². The minimum atomic E-state index is -1.71. The Balaban J connectivity index is 1.35. The average molecular weight is 531 g/mol. The molecule has 0 radical (unpaired) electrons. The molecule has 3 fully saturated rings. The summed E-state index contributed by atoms with van der Waals surface area (Å²) in [4.78, 5) is 14.4. The fraction of sp³-hybridized carbons (Fsp3) is 0.696. The summed E-state index contributed by atoms with van der Waals surface area (Å²) in [5, 5.41) is 70.3. The number of hydrogen-bond donors (Lipinski definition) is 8. The van der Waals surface area contributed by atoms with Crippen LogP contribution in [0.15, 0.2) is 24.3 Å². The van der Waals surface area contributed by atoms with Gasteiger partial charge in [0.25, 0.3) is 5.91 Å². The number of aliphatic hydroxyl groups is 7. The Bertz CT molecular complexity index is 921. The van der Waals surface area contributed by atoms with Gasteiger partial charge in [-0.25, -0.2) is 0 Å². The number of nitrogens with two attached hydrogens (primary N) is 1. The van der Waals surface area contributed by atoms with Crippen LogP contribution in [0.25, 0.3) is 0 Å². The van der Waals surface area contributed by atoms with E-state index in [0.29, 0.717) is 18.7 Å². The van der Waals surface area contributed by atoms with Crippen molar-refractivity contribution in [3.05, 3.63) is 29.8 Å². The summed E-state index contributed by atoms with van der Waals surface area (Å²) in [6.45, 7) is -0.505. The number of anilines is 1. The van der Waals surface area contributed by atoms with Gasteiger partial charge >= 0.3 is 0 Å². The number of para-hydroxylation sites is 1. The third kappa shape index (κ3) is 5.89. The monoisotopic (exact) mass is 530 g/mol. The topological polar surface area (TPSA) is 225 Å². The van der Waals surface area contributed by atoms with Crippen LogP contribution in [0.4, 0.5) is 5.69 Å². The Morgan fingerprint density at radius 1 is 0.892 bits per heavy atom. The van der Waals surface area contributed by atoms with Gasteiger partial charge in [0, 0.05) is 25.2 Å². The van der Waals surface area contributed by atoms with Crippen LogP contribution < -0.4 is 5.73 Å². The highest BCUT2D eigenvalue weighted by atomic mass is 16.7. The van der Waals surface area contributed by atoms with Crippen molar-refractivity contribution in [2.45, 2.75) is 80.5 Å². The van der Waals surface area contributed by atoms with Gasteiger partial charge in [-0.3, -0.25) is 4.79 Å². The van der Waals surface area contributed by atoms with Gasteiger partial charge < -0.3 is 65.3 Å². The Kier molecular flexibility index (Phi) is 8.98. The molecule has 1 aromatic rings. The second-order valence-electron chi connectivity index (χ2n) is 9.42. The largest absolute Gasteiger partial charge is 0.398 e. The first-order chi connectivity index (χ1) is 17.6. The van der Waals surface area contributed by atoms with Crippen LogP contribution in [-0.4, -0.2) is 134 Å². The van der Waals surface area contributed by atoms with E-state index in [-0.39, 0.29) is 12.5 Å². The molecule has 4 rings (SSSR count). The number of ether oxygens (including phenoxy) is 4. The van der Waals surface area contributed by atoms with Gasteiger partial charge in [-0.1, -0.05) is 18.2 Å². The lowest BCUT2D eigenvalue weighted by Gasteiger charge is -2.43. The maximum absolute atomic E-state index is 12.9. The second kappa shape index (κ2) is 11.8. The minimum Gasteiger partial charge on any atom is -0.398 e. The van der Waals surface area contributed by atoms with Crippen LogP contribution in [0.3, 0.4) is 0 Å². The number of nitrogens with zero attached hydrogens (tertiary/aromatic N) is 1. The first-order valence-corrected chi connectivity index (χ1v) is 12.0. The highest BCUT2D eigenvalue weighted by Crippen LogP contribution is 2.28. The fourth-order valence-electron chi connectivity index (χ4n) is 4.60. The van der Waals surface area contributed by atoms with E-state index in [4.69, 9.17) is 24.7 Å². The third-order valence-corrected chi connectivity index (χ3v) is 6.90. The minimum absolute atomic E-state index is 0.274. The van der Waals surface area contributed by atoms with Crippen molar-refractivity contribution in [1.29, 1.82) is 0 Å². The molecule has 0 bridgehead atoms. The molecular formula is C23H34N2O12. The van der Waals surface area contributed by atoms with Crippen molar-refractivity contribution in [3.8, 4) is 0 Å². The van der Waals surface area contributed by atoms with E-state index in [1.54, 1.807) is 17.0 Å². The zero-order valence-corrected chi connectivity index (χ0v) is 19.9. The van der Waals surface area contributed by atoms with E-state index < -0.39 is 80.7 Å². The molecule has 208 valence electrons. The number of nitrogen functional groups attached to an aromatic ring is 1. The van der Waals surface area contributed by atoms with Crippen LogP contribution in [0.2, 0.25) is 0 Å². The predicted octanol–water partition coefficient (Wildman–Crippen LogP) is -3.99. The zero-order valence-electron chi connectivity index (χ0n) is 19.9. The van der Waals surface area contributed by atoms with Gasteiger partial charge in [0.1, 0.15) is 54.9 Å². The number of aliphatic hydroxyl groups excluding tert-OH is 7. The Morgan fingerprint density at radius 2 is 1.51 bits per heavy atom. The summed E-state index contributed by atoms with van der Waals surface area (Å²) in [6.07, 6.45) is -16.1. The number of amides is 1.